The van der Waals surface area contributed by atoms with E-state index < -0.39 is 35.2 Å². The smallest absolute Gasteiger partial charge is 0.416 e. The summed E-state index contributed by atoms with van der Waals surface area (Å²) in [5.74, 6) is -1.38. The first-order chi connectivity index (χ1) is 18.6. The van der Waals surface area contributed by atoms with Crippen LogP contribution in [0.4, 0.5) is 18.9 Å². The van der Waals surface area contributed by atoms with Crippen molar-refractivity contribution < 1.29 is 42.1 Å². The van der Waals surface area contributed by atoms with Crippen LogP contribution in [-0.2, 0) is 15.8 Å². The van der Waals surface area contributed by atoms with E-state index in [0.29, 0.717) is 23.7 Å². The second-order valence-corrected chi connectivity index (χ2v) is 8.51. The van der Waals surface area contributed by atoms with Crippen molar-refractivity contribution in [2.45, 2.75) is 26.1 Å². The van der Waals surface area contributed by atoms with Gasteiger partial charge in [0, 0.05) is 11.8 Å². The predicted octanol–water partition coefficient (Wildman–Crippen LogP) is 6.14. The molecule has 7 nitrogen and oxygen atoms in total. The molecule has 1 amide bonds. The van der Waals surface area contributed by atoms with E-state index in [0.717, 1.165) is 29.2 Å². The number of hydrogen-bond acceptors (Lipinski definition) is 6. The van der Waals surface area contributed by atoms with Gasteiger partial charge < -0.3 is 19.3 Å². The molecule has 0 radical (unpaired) electrons. The monoisotopic (exact) mass is 541 g/mol. The highest BCUT2D eigenvalue weighted by atomic mass is 19.4. The molecule has 4 rings (SSSR count). The molecule has 1 N–H and O–H groups in total. The van der Waals surface area contributed by atoms with Crippen LogP contribution in [0.15, 0.2) is 72.3 Å². The Morgan fingerprint density at radius 3 is 2.23 bits per heavy atom. The molecule has 0 spiro atoms. The maximum atomic E-state index is 13.4. The van der Waals surface area contributed by atoms with Gasteiger partial charge in [-0.15, -0.1) is 0 Å². The summed E-state index contributed by atoms with van der Waals surface area (Å²) in [7, 11) is 1.44. The third-order valence-corrected chi connectivity index (χ3v) is 6.15. The quantitative estimate of drug-likeness (QED) is 0.210. The molecule has 3 aromatic rings. The van der Waals surface area contributed by atoms with E-state index in [1.165, 1.54) is 13.2 Å². The average molecular weight is 542 g/mol. The van der Waals surface area contributed by atoms with Crippen LogP contribution in [0, 0.1) is 0 Å². The zero-order valence-electron chi connectivity index (χ0n) is 21.4. The summed E-state index contributed by atoms with van der Waals surface area (Å²) in [5, 5.41) is 11.5. The van der Waals surface area contributed by atoms with E-state index in [1.807, 2.05) is 6.92 Å². The van der Waals surface area contributed by atoms with Gasteiger partial charge in [-0.1, -0.05) is 12.1 Å². The van der Waals surface area contributed by atoms with Crippen molar-refractivity contribution in [1.82, 2.24) is 0 Å². The molecule has 0 saturated carbocycles. The Morgan fingerprint density at radius 1 is 0.923 bits per heavy atom. The number of amides is 1. The fourth-order valence-corrected chi connectivity index (χ4v) is 4.41. The molecule has 0 aliphatic carbocycles. The first-order valence-electron chi connectivity index (χ1n) is 12.1. The van der Waals surface area contributed by atoms with Gasteiger partial charge in [0.25, 0.3) is 11.7 Å². The second-order valence-electron chi connectivity index (χ2n) is 8.51. The number of nitrogens with zero attached hydrogens (tertiary/aromatic N) is 1. The van der Waals surface area contributed by atoms with Gasteiger partial charge in [-0.05, 0) is 67.9 Å². The highest BCUT2D eigenvalue weighted by Gasteiger charge is 2.47. The fraction of sp³-hybridized carbons (Fsp3) is 0.241. The summed E-state index contributed by atoms with van der Waals surface area (Å²) < 4.78 is 56.1. The number of hydrogen-bond donors (Lipinski definition) is 1. The number of carbonyl (C=O) groups excluding carboxylic acids is 2. The highest BCUT2D eigenvalue weighted by molar-refractivity contribution is 6.51. The number of halogens is 3. The van der Waals surface area contributed by atoms with Crippen molar-refractivity contribution in [2.24, 2.45) is 0 Å². The number of methoxy groups -OCH3 is 1. The minimum atomic E-state index is -4.58. The molecular weight excluding hydrogens is 515 g/mol. The van der Waals surface area contributed by atoms with Crippen LogP contribution in [0.1, 0.15) is 36.6 Å². The third kappa shape index (κ3) is 5.41. The zero-order chi connectivity index (χ0) is 28.3. The Morgan fingerprint density at radius 2 is 1.62 bits per heavy atom. The van der Waals surface area contributed by atoms with Crippen molar-refractivity contribution in [1.29, 1.82) is 0 Å². The van der Waals surface area contributed by atoms with Gasteiger partial charge in [0.15, 0.2) is 0 Å². The standard InChI is InChI=1S/C29H26F3NO6/c1-4-38-21-13-14-22(23(16-21)39-5-2)26(34)24-25(17-7-6-8-20(15-17)37-3)33(28(36)27(24)35)19-11-9-18(10-12-19)29(30,31)32/h6-16,25,34H,4-5H2,1-3H3/b26-24-. The lowest BCUT2D eigenvalue weighted by Gasteiger charge is -2.26. The Balaban J connectivity index is 1.93. The van der Waals surface area contributed by atoms with E-state index in [9.17, 15) is 27.9 Å². The molecule has 0 aromatic heterocycles. The van der Waals surface area contributed by atoms with Crippen LogP contribution in [0.2, 0.25) is 0 Å². The van der Waals surface area contributed by atoms with Crippen molar-refractivity contribution in [3.05, 3.63) is 89.0 Å². The fourth-order valence-electron chi connectivity index (χ4n) is 4.41. The molecule has 0 bridgehead atoms. The Kier molecular flexibility index (Phi) is 7.85. The Hall–Kier alpha value is -4.47. The number of carbonyl (C=O) groups is 2. The SMILES string of the molecule is CCOc1ccc(/C(O)=C2/C(=O)C(=O)N(c3ccc(C(F)(F)F)cc3)C2c2cccc(OC)c2)c(OCC)c1. The van der Waals surface area contributed by atoms with Gasteiger partial charge in [-0.3, -0.25) is 14.5 Å². The van der Waals surface area contributed by atoms with Gasteiger partial charge in [-0.2, -0.15) is 13.2 Å². The summed E-state index contributed by atoms with van der Waals surface area (Å²) in [4.78, 5) is 27.8. The summed E-state index contributed by atoms with van der Waals surface area (Å²) >= 11 is 0. The van der Waals surface area contributed by atoms with Crippen LogP contribution >= 0.6 is 0 Å². The number of alkyl halides is 3. The van der Waals surface area contributed by atoms with E-state index in [1.54, 1.807) is 43.3 Å². The van der Waals surface area contributed by atoms with E-state index in [2.05, 4.69) is 0 Å². The van der Waals surface area contributed by atoms with Crippen molar-refractivity contribution in [2.75, 3.05) is 25.2 Å². The van der Waals surface area contributed by atoms with Crippen molar-refractivity contribution >= 4 is 23.1 Å². The van der Waals surface area contributed by atoms with Crippen LogP contribution in [0.3, 0.4) is 0 Å². The lowest BCUT2D eigenvalue weighted by atomic mass is 9.94. The summed E-state index contributed by atoms with van der Waals surface area (Å²) in [5.41, 5.74) is -0.555. The predicted molar refractivity (Wildman–Crippen MR) is 138 cm³/mol. The molecule has 1 aliphatic heterocycles. The normalized spacial score (nSPS) is 16.9. The number of benzene rings is 3. The molecule has 10 heteroatoms. The molecule has 3 aromatic carbocycles. The molecule has 1 aliphatic rings. The zero-order valence-corrected chi connectivity index (χ0v) is 21.4. The van der Waals surface area contributed by atoms with Crippen LogP contribution < -0.4 is 19.1 Å². The Labute approximate surface area is 223 Å². The number of ketones is 1. The molecule has 1 unspecified atom stereocenters. The van der Waals surface area contributed by atoms with Gasteiger partial charge in [0.2, 0.25) is 0 Å². The minimum Gasteiger partial charge on any atom is -0.507 e. The topological polar surface area (TPSA) is 85.3 Å². The summed E-state index contributed by atoms with van der Waals surface area (Å²) in [6, 6.07) is 13.9. The molecule has 1 heterocycles. The van der Waals surface area contributed by atoms with Crippen LogP contribution in [0.25, 0.3) is 5.76 Å². The van der Waals surface area contributed by atoms with Gasteiger partial charge >= 0.3 is 6.18 Å². The first-order valence-corrected chi connectivity index (χ1v) is 12.1. The van der Waals surface area contributed by atoms with E-state index in [4.69, 9.17) is 14.2 Å². The maximum absolute atomic E-state index is 13.4. The van der Waals surface area contributed by atoms with Crippen LogP contribution in [0.5, 0.6) is 17.2 Å². The number of aliphatic hydroxyl groups is 1. The second kappa shape index (κ2) is 11.1. The molecule has 1 saturated heterocycles. The summed E-state index contributed by atoms with van der Waals surface area (Å²) in [6.45, 7) is 4.20. The number of rotatable bonds is 8. The molecule has 204 valence electrons. The minimum absolute atomic E-state index is 0.0497. The van der Waals surface area contributed by atoms with Crippen LogP contribution in [-0.4, -0.2) is 37.1 Å². The molecule has 1 atom stereocenters. The lowest BCUT2D eigenvalue weighted by molar-refractivity contribution is -0.137. The van der Waals surface area contributed by atoms with Gasteiger partial charge in [-0.25, -0.2) is 0 Å². The number of Topliss-reactive ketones (excluding diaryl/α,β-unsaturated/α-hetero) is 1. The summed E-state index contributed by atoms with van der Waals surface area (Å²) in [6.07, 6.45) is -4.58. The van der Waals surface area contributed by atoms with E-state index >= 15 is 0 Å². The Bertz CT molecular complexity index is 1420. The van der Waals surface area contributed by atoms with Crippen molar-refractivity contribution in [3.63, 3.8) is 0 Å². The maximum Gasteiger partial charge on any atom is 0.416 e. The number of ether oxygens (including phenoxy) is 3. The van der Waals surface area contributed by atoms with Crippen molar-refractivity contribution in [3.8, 4) is 17.2 Å². The molecule has 39 heavy (non-hydrogen) atoms. The number of aliphatic hydroxyl groups excluding tert-OH is 1. The number of anilines is 1. The molecule has 1 fully saturated rings. The lowest BCUT2D eigenvalue weighted by Crippen LogP contribution is -2.29. The first kappa shape index (κ1) is 27.6. The third-order valence-electron chi connectivity index (χ3n) is 6.15. The molecular formula is C29H26F3NO6. The van der Waals surface area contributed by atoms with Gasteiger partial charge in [0.1, 0.15) is 23.0 Å². The highest BCUT2D eigenvalue weighted by Crippen LogP contribution is 2.44. The largest absolute Gasteiger partial charge is 0.507 e. The van der Waals surface area contributed by atoms with Gasteiger partial charge in [0.05, 0.1) is 43.1 Å². The van der Waals surface area contributed by atoms with E-state index in [-0.39, 0.29) is 29.2 Å². The average Bonchev–Trinajstić information content (AvgIpc) is 3.18.